The molecule has 2 aromatic heterocycles. The van der Waals surface area contributed by atoms with Crippen LogP contribution in [0.1, 0.15) is 34.7 Å². The molecule has 1 saturated heterocycles. The van der Waals surface area contributed by atoms with Crippen molar-refractivity contribution in [3.63, 3.8) is 0 Å². The summed E-state index contributed by atoms with van der Waals surface area (Å²) in [6.45, 7) is 4.85. The molecule has 126 valence electrons. The number of hydrogen-bond donors (Lipinski definition) is 1. The monoisotopic (exact) mass is 328 g/mol. The molecule has 7 heteroatoms. The van der Waals surface area contributed by atoms with Gasteiger partial charge in [-0.05, 0) is 26.0 Å². The first-order valence-electron chi connectivity index (χ1n) is 7.99. The predicted octanol–water partition coefficient (Wildman–Crippen LogP) is 1.47. The largest absolute Gasteiger partial charge is 0.474 e. The zero-order chi connectivity index (χ0) is 17.1. The maximum absolute atomic E-state index is 12.4. The van der Waals surface area contributed by atoms with Crippen molar-refractivity contribution >= 4 is 5.91 Å². The van der Waals surface area contributed by atoms with Gasteiger partial charge in [0.1, 0.15) is 17.5 Å². The van der Waals surface area contributed by atoms with Gasteiger partial charge in [0.15, 0.2) is 0 Å². The number of aromatic nitrogens is 3. The molecule has 0 aliphatic carbocycles. The van der Waals surface area contributed by atoms with E-state index in [0.29, 0.717) is 37.6 Å². The van der Waals surface area contributed by atoms with Gasteiger partial charge in [0.2, 0.25) is 5.88 Å². The summed E-state index contributed by atoms with van der Waals surface area (Å²) < 4.78 is 5.92. The highest BCUT2D eigenvalue weighted by Gasteiger charge is 2.26. The second kappa shape index (κ2) is 6.82. The van der Waals surface area contributed by atoms with E-state index in [2.05, 4.69) is 15.0 Å². The van der Waals surface area contributed by atoms with E-state index in [0.717, 1.165) is 5.69 Å². The van der Waals surface area contributed by atoms with Gasteiger partial charge in [-0.15, -0.1) is 0 Å². The lowest BCUT2D eigenvalue weighted by atomic mass is 10.1. The molecule has 1 aliphatic rings. The molecule has 0 saturated carbocycles. The molecule has 1 fully saturated rings. The third-order valence-corrected chi connectivity index (χ3v) is 4.01. The van der Waals surface area contributed by atoms with E-state index in [1.807, 2.05) is 19.9 Å². The minimum absolute atomic E-state index is 0.0109. The van der Waals surface area contributed by atoms with E-state index in [1.54, 1.807) is 17.0 Å². The Hall–Kier alpha value is -2.70. The SMILES string of the molecule is Cc1cc(OC2CCN(C(=O)c3ccc[nH]c3=O)CC2)nc(C)n1. The average molecular weight is 328 g/mol. The van der Waals surface area contributed by atoms with Crippen molar-refractivity contribution in [3.8, 4) is 5.88 Å². The van der Waals surface area contributed by atoms with Crippen LogP contribution in [-0.4, -0.2) is 45.0 Å². The van der Waals surface area contributed by atoms with E-state index in [9.17, 15) is 9.59 Å². The highest BCUT2D eigenvalue weighted by Crippen LogP contribution is 2.19. The Kier molecular flexibility index (Phi) is 4.59. The highest BCUT2D eigenvalue weighted by molar-refractivity contribution is 5.93. The van der Waals surface area contributed by atoms with Gasteiger partial charge in [-0.3, -0.25) is 9.59 Å². The molecule has 24 heavy (non-hydrogen) atoms. The van der Waals surface area contributed by atoms with Crippen molar-refractivity contribution < 1.29 is 9.53 Å². The molecule has 2 aromatic rings. The van der Waals surface area contributed by atoms with E-state index < -0.39 is 0 Å². The third kappa shape index (κ3) is 3.61. The Balaban J connectivity index is 1.60. The van der Waals surface area contributed by atoms with E-state index in [-0.39, 0.29) is 23.1 Å². The number of H-pyrrole nitrogens is 1. The summed E-state index contributed by atoms with van der Waals surface area (Å²) in [5.74, 6) is 1.02. The summed E-state index contributed by atoms with van der Waals surface area (Å²) in [7, 11) is 0. The van der Waals surface area contributed by atoms with E-state index in [4.69, 9.17) is 4.74 Å². The van der Waals surface area contributed by atoms with Crippen LogP contribution in [0.5, 0.6) is 5.88 Å². The Morgan fingerprint density at radius 1 is 1.29 bits per heavy atom. The number of hydrogen-bond acceptors (Lipinski definition) is 5. The highest BCUT2D eigenvalue weighted by atomic mass is 16.5. The summed E-state index contributed by atoms with van der Waals surface area (Å²) in [4.78, 5) is 36.9. The third-order valence-electron chi connectivity index (χ3n) is 4.01. The molecule has 0 unspecified atom stereocenters. The van der Waals surface area contributed by atoms with Crippen molar-refractivity contribution in [2.45, 2.75) is 32.8 Å². The number of carbonyl (C=O) groups excluding carboxylic acids is 1. The van der Waals surface area contributed by atoms with Gasteiger partial charge in [0.05, 0.1) is 0 Å². The number of amides is 1. The Labute approximate surface area is 139 Å². The lowest BCUT2D eigenvalue weighted by Crippen LogP contribution is -2.43. The number of piperidine rings is 1. The average Bonchev–Trinajstić information content (AvgIpc) is 2.54. The minimum Gasteiger partial charge on any atom is -0.474 e. The lowest BCUT2D eigenvalue weighted by Gasteiger charge is -2.31. The molecule has 0 spiro atoms. The van der Waals surface area contributed by atoms with E-state index >= 15 is 0 Å². The van der Waals surface area contributed by atoms with Crippen LogP contribution in [-0.2, 0) is 0 Å². The van der Waals surface area contributed by atoms with Crippen LogP contribution in [0.4, 0.5) is 0 Å². The van der Waals surface area contributed by atoms with Gasteiger partial charge >= 0.3 is 0 Å². The van der Waals surface area contributed by atoms with Crippen LogP contribution in [0.2, 0.25) is 0 Å². The zero-order valence-corrected chi connectivity index (χ0v) is 13.8. The fourth-order valence-corrected chi connectivity index (χ4v) is 2.85. The number of rotatable bonds is 3. The van der Waals surface area contributed by atoms with Gasteiger partial charge < -0.3 is 14.6 Å². The molecule has 3 heterocycles. The Morgan fingerprint density at radius 3 is 2.71 bits per heavy atom. The van der Waals surface area contributed by atoms with Crippen LogP contribution in [0.25, 0.3) is 0 Å². The van der Waals surface area contributed by atoms with Gasteiger partial charge in [-0.1, -0.05) is 0 Å². The lowest BCUT2D eigenvalue weighted by molar-refractivity contribution is 0.0585. The first-order valence-corrected chi connectivity index (χ1v) is 7.99. The number of pyridine rings is 1. The van der Waals surface area contributed by atoms with Crippen LogP contribution in [0, 0.1) is 13.8 Å². The molecular formula is C17H20N4O3. The summed E-state index contributed by atoms with van der Waals surface area (Å²) in [6.07, 6.45) is 2.94. The summed E-state index contributed by atoms with van der Waals surface area (Å²) in [6, 6.07) is 5.02. The van der Waals surface area contributed by atoms with Gasteiger partial charge in [-0.2, -0.15) is 4.98 Å². The molecule has 0 atom stereocenters. The second-order valence-electron chi connectivity index (χ2n) is 5.92. The Morgan fingerprint density at radius 2 is 2.04 bits per heavy atom. The van der Waals surface area contributed by atoms with Crippen LogP contribution in [0.15, 0.2) is 29.2 Å². The Bertz CT molecular complexity index is 774. The number of aromatic amines is 1. The number of carbonyl (C=O) groups is 1. The quantitative estimate of drug-likeness (QED) is 0.921. The maximum atomic E-state index is 12.4. The molecule has 7 nitrogen and oxygen atoms in total. The maximum Gasteiger partial charge on any atom is 0.260 e. The zero-order valence-electron chi connectivity index (χ0n) is 13.8. The smallest absolute Gasteiger partial charge is 0.260 e. The number of ether oxygens (including phenoxy) is 1. The molecular weight excluding hydrogens is 308 g/mol. The van der Waals surface area contributed by atoms with Crippen molar-refractivity contribution in [2.24, 2.45) is 0 Å². The summed E-state index contributed by atoms with van der Waals surface area (Å²) in [5, 5.41) is 0. The fourth-order valence-electron chi connectivity index (χ4n) is 2.85. The van der Waals surface area contributed by atoms with Crippen LogP contribution in [0.3, 0.4) is 0 Å². The van der Waals surface area contributed by atoms with Crippen molar-refractivity contribution in [1.29, 1.82) is 0 Å². The molecule has 0 radical (unpaired) electrons. The van der Waals surface area contributed by atoms with Crippen LogP contribution < -0.4 is 10.3 Å². The minimum atomic E-state index is -0.354. The molecule has 1 aliphatic heterocycles. The van der Waals surface area contributed by atoms with Gasteiger partial charge in [-0.25, -0.2) is 4.98 Å². The number of nitrogens with zero attached hydrogens (tertiary/aromatic N) is 3. The first kappa shape index (κ1) is 16.2. The molecule has 0 bridgehead atoms. The topological polar surface area (TPSA) is 88.2 Å². The fraction of sp³-hybridized carbons (Fsp3) is 0.412. The van der Waals surface area contributed by atoms with Crippen molar-refractivity contribution in [1.82, 2.24) is 19.9 Å². The molecule has 1 amide bonds. The van der Waals surface area contributed by atoms with Crippen molar-refractivity contribution in [3.05, 3.63) is 51.8 Å². The number of likely N-dealkylation sites (tertiary alicyclic amines) is 1. The van der Waals surface area contributed by atoms with Crippen molar-refractivity contribution in [2.75, 3.05) is 13.1 Å². The first-order chi connectivity index (χ1) is 11.5. The standard InChI is InChI=1S/C17H20N4O3/c1-11-10-15(20-12(2)19-11)24-13-5-8-21(9-6-13)17(23)14-4-3-7-18-16(14)22/h3-4,7,10,13H,5-6,8-9H2,1-2H3,(H,18,22). The molecule has 0 aromatic carbocycles. The van der Waals surface area contributed by atoms with Gasteiger partial charge in [0, 0.05) is 43.9 Å². The normalized spacial score (nSPS) is 15.3. The summed E-state index contributed by atoms with van der Waals surface area (Å²) >= 11 is 0. The van der Waals surface area contributed by atoms with E-state index in [1.165, 1.54) is 6.20 Å². The van der Waals surface area contributed by atoms with Crippen LogP contribution >= 0.6 is 0 Å². The summed E-state index contributed by atoms with van der Waals surface area (Å²) in [5.41, 5.74) is 0.695. The number of aryl methyl sites for hydroxylation is 2. The second-order valence-corrected chi connectivity index (χ2v) is 5.92. The number of nitrogens with one attached hydrogen (secondary N) is 1. The van der Waals surface area contributed by atoms with Gasteiger partial charge in [0.25, 0.3) is 11.5 Å². The molecule has 3 rings (SSSR count). The predicted molar refractivity (Wildman–Crippen MR) is 88.1 cm³/mol. The molecule has 1 N–H and O–H groups in total.